The van der Waals surface area contributed by atoms with Gasteiger partial charge in [-0.3, -0.25) is 0 Å². The van der Waals surface area contributed by atoms with E-state index in [0.29, 0.717) is 21.7 Å². The molecule has 0 bridgehead atoms. The summed E-state index contributed by atoms with van der Waals surface area (Å²) in [7, 11) is -4.42. The SMILES string of the molecule is Cc1cc(C)c(S(=O)(=O)NC(CNc2c(C)cc(Cl)cc2Cl)C(F)(F)F)c(C)c1. The predicted molar refractivity (Wildman–Crippen MR) is 111 cm³/mol. The van der Waals surface area contributed by atoms with Crippen molar-refractivity contribution in [2.75, 3.05) is 11.9 Å². The fourth-order valence-electron chi connectivity index (χ4n) is 3.19. The van der Waals surface area contributed by atoms with Crippen LogP contribution in [-0.2, 0) is 10.0 Å². The molecule has 0 fully saturated rings. The van der Waals surface area contributed by atoms with Gasteiger partial charge in [0.15, 0.2) is 0 Å². The lowest BCUT2D eigenvalue weighted by molar-refractivity contribution is -0.148. The fourth-order valence-corrected chi connectivity index (χ4v) is 5.53. The predicted octanol–water partition coefficient (Wildman–Crippen LogP) is 5.55. The van der Waals surface area contributed by atoms with E-state index < -0.39 is 28.8 Å². The molecule has 10 heteroatoms. The first kappa shape index (κ1) is 23.8. The molecule has 2 aromatic rings. The third-order valence-corrected chi connectivity index (χ3v) is 6.59. The number of sulfonamides is 1. The molecule has 0 aromatic heterocycles. The molecule has 29 heavy (non-hydrogen) atoms. The standard InChI is InChI=1S/C19H21Cl2F3N2O2S/c1-10-5-12(3)18(13(4)6-10)29(27,28)26-16(19(22,23)24)9-25-17-11(2)7-14(20)8-15(17)21/h5-8,16,25-26H,9H2,1-4H3. The number of hydrogen-bond donors (Lipinski definition) is 2. The summed E-state index contributed by atoms with van der Waals surface area (Å²) in [6.07, 6.45) is -4.82. The minimum absolute atomic E-state index is 0.143. The van der Waals surface area contributed by atoms with E-state index in [0.717, 1.165) is 5.56 Å². The van der Waals surface area contributed by atoms with Crippen LogP contribution >= 0.6 is 23.2 Å². The van der Waals surface area contributed by atoms with E-state index in [1.54, 1.807) is 50.6 Å². The Hall–Kier alpha value is -1.48. The lowest BCUT2D eigenvalue weighted by Gasteiger charge is -2.24. The van der Waals surface area contributed by atoms with Crippen molar-refractivity contribution in [1.29, 1.82) is 0 Å². The maximum atomic E-state index is 13.6. The quantitative estimate of drug-likeness (QED) is 0.584. The van der Waals surface area contributed by atoms with Gasteiger partial charge in [-0.25, -0.2) is 8.42 Å². The number of benzene rings is 2. The molecule has 2 N–H and O–H groups in total. The molecule has 0 aliphatic heterocycles. The lowest BCUT2D eigenvalue weighted by Crippen LogP contribution is -2.49. The van der Waals surface area contributed by atoms with Crippen LogP contribution in [0.5, 0.6) is 0 Å². The number of rotatable bonds is 6. The van der Waals surface area contributed by atoms with Gasteiger partial charge in [-0.15, -0.1) is 0 Å². The third kappa shape index (κ3) is 5.78. The zero-order valence-electron chi connectivity index (χ0n) is 16.2. The Balaban J connectivity index is 2.33. The first-order valence-corrected chi connectivity index (χ1v) is 10.8. The summed E-state index contributed by atoms with van der Waals surface area (Å²) in [5.41, 5.74) is 2.37. The van der Waals surface area contributed by atoms with Gasteiger partial charge in [0.1, 0.15) is 6.04 Å². The van der Waals surface area contributed by atoms with Gasteiger partial charge in [0.25, 0.3) is 0 Å². The molecule has 1 atom stereocenters. The number of hydrogen-bond acceptors (Lipinski definition) is 3. The second-order valence-corrected chi connectivity index (χ2v) is 9.40. The van der Waals surface area contributed by atoms with Crippen LogP contribution < -0.4 is 10.0 Å². The zero-order valence-corrected chi connectivity index (χ0v) is 18.5. The van der Waals surface area contributed by atoms with E-state index >= 15 is 0 Å². The molecule has 2 rings (SSSR count). The highest BCUT2D eigenvalue weighted by atomic mass is 35.5. The monoisotopic (exact) mass is 468 g/mol. The van der Waals surface area contributed by atoms with Crippen LogP contribution in [0, 0.1) is 27.7 Å². The molecule has 0 amide bonds. The highest BCUT2D eigenvalue weighted by Crippen LogP contribution is 2.31. The molecular weight excluding hydrogens is 448 g/mol. The normalized spacial score (nSPS) is 13.4. The van der Waals surface area contributed by atoms with Crippen molar-refractivity contribution in [2.45, 2.75) is 44.8 Å². The van der Waals surface area contributed by atoms with E-state index in [2.05, 4.69) is 5.32 Å². The third-order valence-electron chi connectivity index (χ3n) is 4.30. The molecule has 0 aliphatic rings. The average molecular weight is 469 g/mol. The van der Waals surface area contributed by atoms with Gasteiger partial charge in [-0.05, 0) is 56.5 Å². The molecule has 0 aliphatic carbocycles. The summed E-state index contributed by atoms with van der Waals surface area (Å²) >= 11 is 11.9. The van der Waals surface area contributed by atoms with Gasteiger partial charge < -0.3 is 5.32 Å². The smallest absolute Gasteiger partial charge is 0.382 e. The van der Waals surface area contributed by atoms with Crippen LogP contribution in [0.1, 0.15) is 22.3 Å². The van der Waals surface area contributed by atoms with Gasteiger partial charge >= 0.3 is 6.18 Å². The van der Waals surface area contributed by atoms with E-state index in [1.165, 1.54) is 6.07 Å². The van der Waals surface area contributed by atoms with Crippen LogP contribution in [0.2, 0.25) is 10.0 Å². The second kappa shape index (κ2) is 8.71. The number of halogens is 5. The molecule has 4 nitrogen and oxygen atoms in total. The average Bonchev–Trinajstić information content (AvgIpc) is 2.50. The number of aryl methyl sites for hydroxylation is 4. The fraction of sp³-hybridized carbons (Fsp3) is 0.368. The Bertz CT molecular complexity index is 979. The summed E-state index contributed by atoms with van der Waals surface area (Å²) in [6, 6.07) is 3.79. The summed E-state index contributed by atoms with van der Waals surface area (Å²) in [4.78, 5) is -0.155. The highest BCUT2D eigenvalue weighted by Gasteiger charge is 2.42. The van der Waals surface area contributed by atoms with Crippen molar-refractivity contribution in [2.24, 2.45) is 0 Å². The summed E-state index contributed by atoms with van der Waals surface area (Å²) < 4.78 is 68.0. The van der Waals surface area contributed by atoms with E-state index in [9.17, 15) is 21.6 Å². The minimum Gasteiger partial charge on any atom is -0.382 e. The van der Waals surface area contributed by atoms with E-state index in [4.69, 9.17) is 23.2 Å². The Morgan fingerprint density at radius 3 is 2.00 bits per heavy atom. The molecule has 0 saturated heterocycles. The first-order valence-electron chi connectivity index (χ1n) is 8.59. The van der Waals surface area contributed by atoms with E-state index in [1.807, 2.05) is 0 Å². The van der Waals surface area contributed by atoms with Gasteiger partial charge in [0.05, 0.1) is 15.6 Å². The van der Waals surface area contributed by atoms with Crippen molar-refractivity contribution < 1.29 is 21.6 Å². The topological polar surface area (TPSA) is 58.2 Å². The Morgan fingerprint density at radius 1 is 0.966 bits per heavy atom. The molecule has 1 unspecified atom stereocenters. The van der Waals surface area contributed by atoms with Crippen LogP contribution in [0.3, 0.4) is 0 Å². The maximum absolute atomic E-state index is 13.6. The van der Waals surface area contributed by atoms with Crippen molar-refractivity contribution in [1.82, 2.24) is 4.72 Å². The van der Waals surface area contributed by atoms with Crippen LogP contribution in [0.25, 0.3) is 0 Å². The van der Waals surface area contributed by atoms with Crippen molar-refractivity contribution in [3.8, 4) is 0 Å². The molecule has 0 saturated carbocycles. The van der Waals surface area contributed by atoms with Gasteiger partial charge in [0, 0.05) is 11.6 Å². The van der Waals surface area contributed by atoms with Crippen molar-refractivity contribution in [3.05, 3.63) is 56.6 Å². The Labute approximate surface area is 178 Å². The molecular formula is C19H21Cl2F3N2O2S. The van der Waals surface area contributed by atoms with Crippen LogP contribution in [-0.4, -0.2) is 27.2 Å². The van der Waals surface area contributed by atoms with Gasteiger partial charge in [0.2, 0.25) is 10.0 Å². The molecule has 2 aromatic carbocycles. The molecule has 160 valence electrons. The Morgan fingerprint density at radius 2 is 1.52 bits per heavy atom. The lowest BCUT2D eigenvalue weighted by atomic mass is 10.1. The minimum atomic E-state index is -4.82. The number of alkyl halides is 3. The maximum Gasteiger partial charge on any atom is 0.406 e. The number of nitrogens with one attached hydrogen (secondary N) is 2. The number of anilines is 1. The van der Waals surface area contributed by atoms with Crippen LogP contribution in [0.4, 0.5) is 18.9 Å². The van der Waals surface area contributed by atoms with E-state index in [-0.39, 0.29) is 15.6 Å². The largest absolute Gasteiger partial charge is 0.406 e. The second-order valence-electron chi connectivity index (χ2n) is 6.90. The molecule has 0 radical (unpaired) electrons. The molecule has 0 heterocycles. The Kier molecular flexibility index (Phi) is 7.15. The van der Waals surface area contributed by atoms with Crippen molar-refractivity contribution >= 4 is 38.9 Å². The van der Waals surface area contributed by atoms with Crippen LogP contribution in [0.15, 0.2) is 29.2 Å². The summed E-state index contributed by atoms with van der Waals surface area (Å²) in [5.74, 6) is 0. The van der Waals surface area contributed by atoms with Crippen molar-refractivity contribution in [3.63, 3.8) is 0 Å². The summed E-state index contributed by atoms with van der Waals surface area (Å²) in [6.45, 7) is 5.77. The summed E-state index contributed by atoms with van der Waals surface area (Å²) in [5, 5.41) is 3.08. The highest BCUT2D eigenvalue weighted by molar-refractivity contribution is 7.89. The molecule has 0 spiro atoms. The van der Waals surface area contributed by atoms with Gasteiger partial charge in [-0.1, -0.05) is 40.9 Å². The first-order chi connectivity index (χ1) is 13.2. The van der Waals surface area contributed by atoms with Gasteiger partial charge in [-0.2, -0.15) is 17.9 Å². The zero-order chi connectivity index (χ0) is 22.1.